The molecular weight excluding hydrogens is 216 g/mol. The lowest BCUT2D eigenvalue weighted by Gasteiger charge is -2.30. The van der Waals surface area contributed by atoms with Gasteiger partial charge in [-0.1, -0.05) is 6.92 Å². The van der Waals surface area contributed by atoms with Gasteiger partial charge in [0.05, 0.1) is 0 Å². The molecule has 1 fully saturated rings. The average Bonchev–Trinajstić information content (AvgIpc) is 2.69. The highest BCUT2D eigenvalue weighted by Gasteiger charge is 2.24. The van der Waals surface area contributed by atoms with Crippen molar-refractivity contribution in [2.24, 2.45) is 5.73 Å². The number of hydrogen-bond donors (Lipinski definition) is 1. The molecule has 0 aromatic carbocycles. The number of likely N-dealkylation sites (tertiary alicyclic amines) is 1. The number of aryl methyl sites for hydroxylation is 2. The molecule has 0 spiro atoms. The van der Waals surface area contributed by atoms with Gasteiger partial charge in [0.25, 0.3) is 5.91 Å². The SMILES string of the molecule is CCc1oc(C(=O)N2CCCC(N)C2)cc1C. The maximum atomic E-state index is 12.2. The molecule has 1 aliphatic rings. The maximum absolute atomic E-state index is 12.2. The number of nitrogens with zero attached hydrogens (tertiary/aromatic N) is 1. The first-order chi connectivity index (χ1) is 8.11. The van der Waals surface area contributed by atoms with Gasteiger partial charge in [-0.05, 0) is 31.4 Å². The van der Waals surface area contributed by atoms with Crippen LogP contribution in [0.2, 0.25) is 0 Å². The molecular formula is C13H20N2O2. The Balaban J connectivity index is 2.13. The summed E-state index contributed by atoms with van der Waals surface area (Å²) in [5.74, 6) is 1.33. The molecule has 0 saturated carbocycles. The maximum Gasteiger partial charge on any atom is 0.289 e. The van der Waals surface area contributed by atoms with Gasteiger partial charge in [0.2, 0.25) is 0 Å². The van der Waals surface area contributed by atoms with Crippen molar-refractivity contribution < 1.29 is 9.21 Å². The van der Waals surface area contributed by atoms with Crippen LogP contribution in [0.4, 0.5) is 0 Å². The van der Waals surface area contributed by atoms with Crippen LogP contribution in [-0.2, 0) is 6.42 Å². The van der Waals surface area contributed by atoms with Gasteiger partial charge in [-0.15, -0.1) is 0 Å². The third-order valence-corrected chi connectivity index (χ3v) is 3.30. The molecule has 1 atom stereocenters. The number of amides is 1. The summed E-state index contributed by atoms with van der Waals surface area (Å²) in [6, 6.07) is 1.94. The summed E-state index contributed by atoms with van der Waals surface area (Å²) in [7, 11) is 0. The zero-order valence-corrected chi connectivity index (χ0v) is 10.5. The lowest BCUT2D eigenvalue weighted by Crippen LogP contribution is -2.45. The Labute approximate surface area is 102 Å². The Kier molecular flexibility index (Phi) is 3.52. The molecule has 4 nitrogen and oxygen atoms in total. The Hall–Kier alpha value is -1.29. The van der Waals surface area contributed by atoms with Gasteiger partial charge in [-0.3, -0.25) is 4.79 Å². The molecule has 0 bridgehead atoms. The number of nitrogens with two attached hydrogens (primary N) is 1. The highest BCUT2D eigenvalue weighted by molar-refractivity contribution is 5.91. The Morgan fingerprint density at radius 2 is 2.41 bits per heavy atom. The van der Waals surface area contributed by atoms with Crippen LogP contribution in [-0.4, -0.2) is 29.9 Å². The number of hydrogen-bond acceptors (Lipinski definition) is 3. The topological polar surface area (TPSA) is 59.5 Å². The number of piperidine rings is 1. The molecule has 94 valence electrons. The number of rotatable bonds is 2. The first-order valence-electron chi connectivity index (χ1n) is 6.26. The number of carbonyl (C=O) groups excluding carboxylic acids is 1. The van der Waals surface area contributed by atoms with E-state index < -0.39 is 0 Å². The molecule has 1 aromatic rings. The van der Waals surface area contributed by atoms with Gasteiger partial charge >= 0.3 is 0 Å². The van der Waals surface area contributed by atoms with Crippen LogP contribution < -0.4 is 5.73 Å². The largest absolute Gasteiger partial charge is 0.456 e. The van der Waals surface area contributed by atoms with Crippen molar-refractivity contribution in [3.8, 4) is 0 Å². The fraction of sp³-hybridized carbons (Fsp3) is 0.615. The average molecular weight is 236 g/mol. The van der Waals surface area contributed by atoms with Gasteiger partial charge in [0, 0.05) is 25.6 Å². The highest BCUT2D eigenvalue weighted by atomic mass is 16.4. The van der Waals surface area contributed by atoms with Crippen molar-refractivity contribution in [1.82, 2.24) is 4.90 Å². The van der Waals surface area contributed by atoms with E-state index in [0.717, 1.165) is 37.1 Å². The minimum absolute atomic E-state index is 0.0250. The van der Waals surface area contributed by atoms with Gasteiger partial charge in [0.1, 0.15) is 5.76 Å². The summed E-state index contributed by atoms with van der Waals surface area (Å²) in [5.41, 5.74) is 6.93. The Morgan fingerprint density at radius 1 is 1.65 bits per heavy atom. The van der Waals surface area contributed by atoms with Crippen molar-refractivity contribution in [1.29, 1.82) is 0 Å². The van der Waals surface area contributed by atoms with E-state index >= 15 is 0 Å². The Bertz CT molecular complexity index is 412. The minimum atomic E-state index is -0.0250. The second-order valence-electron chi connectivity index (χ2n) is 4.72. The summed E-state index contributed by atoms with van der Waals surface area (Å²) >= 11 is 0. The van der Waals surface area contributed by atoms with E-state index in [1.165, 1.54) is 0 Å². The van der Waals surface area contributed by atoms with E-state index in [1.807, 2.05) is 19.9 Å². The van der Waals surface area contributed by atoms with Gasteiger partial charge in [0.15, 0.2) is 5.76 Å². The van der Waals surface area contributed by atoms with Crippen molar-refractivity contribution in [3.63, 3.8) is 0 Å². The summed E-state index contributed by atoms with van der Waals surface area (Å²) in [4.78, 5) is 14.0. The molecule has 4 heteroatoms. The third kappa shape index (κ3) is 2.52. The monoisotopic (exact) mass is 236 g/mol. The molecule has 1 aromatic heterocycles. The van der Waals surface area contributed by atoms with E-state index in [-0.39, 0.29) is 11.9 Å². The predicted octanol–water partition coefficient (Wildman–Crippen LogP) is 1.71. The van der Waals surface area contributed by atoms with E-state index in [4.69, 9.17) is 10.2 Å². The van der Waals surface area contributed by atoms with E-state index in [0.29, 0.717) is 12.3 Å². The second kappa shape index (κ2) is 4.92. The summed E-state index contributed by atoms with van der Waals surface area (Å²) in [6.45, 7) is 5.42. The first kappa shape index (κ1) is 12.2. The van der Waals surface area contributed by atoms with Crippen molar-refractivity contribution in [2.75, 3.05) is 13.1 Å². The van der Waals surface area contributed by atoms with Crippen molar-refractivity contribution in [2.45, 2.75) is 39.2 Å². The summed E-state index contributed by atoms with van der Waals surface area (Å²) in [5, 5.41) is 0. The first-order valence-corrected chi connectivity index (χ1v) is 6.26. The second-order valence-corrected chi connectivity index (χ2v) is 4.72. The molecule has 0 aliphatic carbocycles. The van der Waals surface area contributed by atoms with Crippen LogP contribution in [0.15, 0.2) is 10.5 Å². The van der Waals surface area contributed by atoms with Crippen LogP contribution in [0.25, 0.3) is 0 Å². The fourth-order valence-electron chi connectivity index (χ4n) is 2.33. The zero-order chi connectivity index (χ0) is 12.4. The molecule has 17 heavy (non-hydrogen) atoms. The third-order valence-electron chi connectivity index (χ3n) is 3.30. The smallest absolute Gasteiger partial charge is 0.289 e. The lowest BCUT2D eigenvalue weighted by molar-refractivity contribution is 0.0675. The molecule has 1 aliphatic heterocycles. The zero-order valence-electron chi connectivity index (χ0n) is 10.5. The van der Waals surface area contributed by atoms with Crippen LogP contribution >= 0.6 is 0 Å². The van der Waals surface area contributed by atoms with E-state index in [1.54, 1.807) is 4.90 Å². The van der Waals surface area contributed by atoms with Crippen molar-refractivity contribution >= 4 is 5.91 Å². The number of furan rings is 1. The molecule has 2 N–H and O–H groups in total. The van der Waals surface area contributed by atoms with Crippen LogP contribution in [0.1, 0.15) is 41.6 Å². The molecule has 0 radical (unpaired) electrons. The molecule has 1 amide bonds. The van der Waals surface area contributed by atoms with Gasteiger partial charge in [-0.2, -0.15) is 0 Å². The molecule has 1 saturated heterocycles. The summed E-state index contributed by atoms with van der Waals surface area (Å²) < 4.78 is 5.58. The van der Waals surface area contributed by atoms with E-state index in [2.05, 4.69) is 0 Å². The van der Waals surface area contributed by atoms with Crippen molar-refractivity contribution in [3.05, 3.63) is 23.2 Å². The van der Waals surface area contributed by atoms with Crippen LogP contribution in [0.5, 0.6) is 0 Å². The standard InChI is InChI=1S/C13H20N2O2/c1-3-11-9(2)7-12(17-11)13(16)15-6-4-5-10(14)8-15/h7,10H,3-6,8,14H2,1-2H3. The number of carbonyl (C=O) groups is 1. The van der Waals surface area contributed by atoms with Crippen LogP contribution in [0.3, 0.4) is 0 Å². The van der Waals surface area contributed by atoms with E-state index in [9.17, 15) is 4.79 Å². The summed E-state index contributed by atoms with van der Waals surface area (Å²) in [6.07, 6.45) is 2.80. The fourth-order valence-corrected chi connectivity index (χ4v) is 2.33. The normalized spacial score (nSPS) is 20.6. The molecule has 1 unspecified atom stereocenters. The minimum Gasteiger partial charge on any atom is -0.456 e. The quantitative estimate of drug-likeness (QED) is 0.850. The van der Waals surface area contributed by atoms with Gasteiger partial charge < -0.3 is 15.1 Å². The highest BCUT2D eigenvalue weighted by Crippen LogP contribution is 2.18. The molecule has 2 rings (SSSR count). The predicted molar refractivity (Wildman–Crippen MR) is 65.9 cm³/mol. The lowest BCUT2D eigenvalue weighted by atomic mass is 10.1. The Morgan fingerprint density at radius 3 is 3.00 bits per heavy atom. The van der Waals surface area contributed by atoms with Crippen LogP contribution in [0, 0.1) is 6.92 Å². The van der Waals surface area contributed by atoms with Gasteiger partial charge in [-0.25, -0.2) is 0 Å². The molecule has 2 heterocycles.